The van der Waals surface area contributed by atoms with Gasteiger partial charge in [0.2, 0.25) is 0 Å². The number of fused-ring (bicyclic) bond motifs is 1. The van der Waals surface area contributed by atoms with Crippen LogP contribution in [-0.4, -0.2) is 0 Å². The van der Waals surface area contributed by atoms with E-state index >= 15 is 0 Å². The lowest BCUT2D eigenvalue weighted by atomic mass is 9.99. The minimum absolute atomic E-state index is 1.31. The number of thiophene rings is 1. The Hall–Kier alpha value is -0.300. The molecule has 0 spiro atoms. The van der Waals surface area contributed by atoms with Crippen LogP contribution in [0.3, 0.4) is 0 Å². The van der Waals surface area contributed by atoms with E-state index in [2.05, 4.69) is 24.3 Å². The molecular weight excluding hydrogens is 176 g/mol. The van der Waals surface area contributed by atoms with Crippen molar-refractivity contribution in [3.05, 3.63) is 21.4 Å². The summed E-state index contributed by atoms with van der Waals surface area (Å²) >= 11 is 2.08. The van der Waals surface area contributed by atoms with Crippen molar-refractivity contribution < 1.29 is 0 Å². The lowest BCUT2D eigenvalue weighted by molar-refractivity contribution is 0.696. The smallest absolute Gasteiger partial charge is 0.00801 e. The zero-order valence-electron chi connectivity index (χ0n) is 8.44. The monoisotopic (exact) mass is 194 g/mol. The third-order valence-electron chi connectivity index (χ3n) is 2.82. The van der Waals surface area contributed by atoms with Crippen LogP contribution in [0.4, 0.5) is 0 Å². The molecule has 0 saturated heterocycles. The van der Waals surface area contributed by atoms with E-state index < -0.39 is 0 Å². The van der Waals surface area contributed by atoms with Crippen molar-refractivity contribution in [3.63, 3.8) is 0 Å². The summed E-state index contributed by atoms with van der Waals surface area (Å²) in [5.41, 5.74) is 1.67. The average Bonchev–Trinajstić information content (AvgIpc) is 2.57. The molecule has 1 aliphatic rings. The van der Waals surface area contributed by atoms with E-state index in [-0.39, 0.29) is 0 Å². The highest BCUT2D eigenvalue weighted by atomic mass is 32.1. The molecule has 0 fully saturated rings. The van der Waals surface area contributed by atoms with Crippen LogP contribution in [0.2, 0.25) is 0 Å². The standard InChI is InChI=1S/C12H18S/c1-2-3-7-11-9-10-6-4-5-8-12(10)13-11/h9H,2-8H2,1H3. The maximum atomic E-state index is 2.47. The van der Waals surface area contributed by atoms with Crippen LogP contribution in [-0.2, 0) is 19.3 Å². The fourth-order valence-electron chi connectivity index (χ4n) is 2.03. The zero-order chi connectivity index (χ0) is 9.10. The van der Waals surface area contributed by atoms with E-state index in [0.29, 0.717) is 0 Å². The number of hydrogen-bond acceptors (Lipinski definition) is 1. The summed E-state index contributed by atoms with van der Waals surface area (Å²) in [5, 5.41) is 0. The minimum Gasteiger partial charge on any atom is -0.145 e. The van der Waals surface area contributed by atoms with Gasteiger partial charge in [-0.25, -0.2) is 0 Å². The summed E-state index contributed by atoms with van der Waals surface area (Å²) in [6.45, 7) is 2.27. The predicted octanol–water partition coefficient (Wildman–Crippen LogP) is 3.97. The van der Waals surface area contributed by atoms with Crippen molar-refractivity contribution in [2.24, 2.45) is 0 Å². The quantitative estimate of drug-likeness (QED) is 0.683. The Bertz CT molecular complexity index is 249. The summed E-state index contributed by atoms with van der Waals surface area (Å²) < 4.78 is 0. The SMILES string of the molecule is CCCCc1cc2c(s1)CCCC2. The van der Waals surface area contributed by atoms with Gasteiger partial charge in [0.25, 0.3) is 0 Å². The third kappa shape index (κ3) is 2.14. The van der Waals surface area contributed by atoms with Crippen LogP contribution in [0, 0.1) is 0 Å². The van der Waals surface area contributed by atoms with E-state index in [1.807, 2.05) is 0 Å². The summed E-state index contributed by atoms with van der Waals surface area (Å²) in [6.07, 6.45) is 9.53. The highest BCUT2D eigenvalue weighted by Crippen LogP contribution is 2.30. The molecule has 0 radical (unpaired) electrons. The molecule has 0 bridgehead atoms. The minimum atomic E-state index is 1.31. The Labute approximate surface area is 85.0 Å². The maximum Gasteiger partial charge on any atom is 0.00801 e. The third-order valence-corrected chi connectivity index (χ3v) is 4.12. The Kier molecular flexibility index (Phi) is 3.05. The van der Waals surface area contributed by atoms with Gasteiger partial charge in [0.05, 0.1) is 0 Å². The van der Waals surface area contributed by atoms with Gasteiger partial charge in [0.1, 0.15) is 0 Å². The van der Waals surface area contributed by atoms with Crippen molar-refractivity contribution >= 4 is 11.3 Å². The fraction of sp³-hybridized carbons (Fsp3) is 0.667. The highest BCUT2D eigenvalue weighted by Gasteiger charge is 2.12. The first-order valence-corrected chi connectivity index (χ1v) is 6.32. The van der Waals surface area contributed by atoms with Crippen molar-refractivity contribution in [1.82, 2.24) is 0 Å². The van der Waals surface area contributed by atoms with Crippen molar-refractivity contribution in [2.45, 2.75) is 51.9 Å². The largest absolute Gasteiger partial charge is 0.145 e. The molecule has 2 rings (SSSR count). The Morgan fingerprint density at radius 1 is 1.31 bits per heavy atom. The molecule has 0 unspecified atom stereocenters. The lowest BCUT2D eigenvalue weighted by Gasteiger charge is -2.08. The molecule has 0 amide bonds. The van der Waals surface area contributed by atoms with Crippen LogP contribution < -0.4 is 0 Å². The van der Waals surface area contributed by atoms with Crippen LogP contribution >= 0.6 is 11.3 Å². The zero-order valence-corrected chi connectivity index (χ0v) is 9.25. The first-order chi connectivity index (χ1) is 6.40. The Morgan fingerprint density at radius 2 is 2.15 bits per heavy atom. The molecule has 0 saturated carbocycles. The Morgan fingerprint density at radius 3 is 2.92 bits per heavy atom. The topological polar surface area (TPSA) is 0 Å². The molecule has 0 aliphatic heterocycles. The van der Waals surface area contributed by atoms with E-state index in [4.69, 9.17) is 0 Å². The number of unbranched alkanes of at least 4 members (excludes halogenated alkanes) is 1. The van der Waals surface area contributed by atoms with Crippen molar-refractivity contribution in [1.29, 1.82) is 0 Å². The van der Waals surface area contributed by atoms with E-state index in [1.54, 1.807) is 15.3 Å². The van der Waals surface area contributed by atoms with Gasteiger partial charge in [-0.05, 0) is 50.2 Å². The van der Waals surface area contributed by atoms with Gasteiger partial charge in [-0.1, -0.05) is 13.3 Å². The van der Waals surface area contributed by atoms with Crippen molar-refractivity contribution in [3.8, 4) is 0 Å². The summed E-state index contributed by atoms with van der Waals surface area (Å²) in [6, 6.07) is 2.47. The second-order valence-electron chi connectivity index (χ2n) is 3.97. The molecule has 13 heavy (non-hydrogen) atoms. The molecule has 1 aliphatic carbocycles. The van der Waals surface area contributed by atoms with E-state index in [9.17, 15) is 0 Å². The normalized spacial score (nSPS) is 15.8. The second-order valence-corrected chi connectivity index (χ2v) is 5.19. The van der Waals surface area contributed by atoms with Gasteiger partial charge in [-0.15, -0.1) is 11.3 Å². The number of hydrogen-bond donors (Lipinski definition) is 0. The first-order valence-electron chi connectivity index (χ1n) is 5.50. The molecule has 1 heteroatoms. The van der Waals surface area contributed by atoms with Crippen LogP contribution in [0.5, 0.6) is 0 Å². The summed E-state index contributed by atoms with van der Waals surface area (Å²) in [4.78, 5) is 3.33. The van der Waals surface area contributed by atoms with Gasteiger partial charge in [0.15, 0.2) is 0 Å². The maximum absolute atomic E-state index is 2.47. The lowest BCUT2D eigenvalue weighted by Crippen LogP contribution is -1.96. The van der Waals surface area contributed by atoms with Crippen LogP contribution in [0.15, 0.2) is 6.07 Å². The summed E-state index contributed by atoms with van der Waals surface area (Å²) in [5.74, 6) is 0. The molecule has 0 aromatic carbocycles. The Balaban J connectivity index is 2.07. The number of aryl methyl sites for hydroxylation is 3. The first kappa shape index (κ1) is 9.26. The van der Waals surface area contributed by atoms with Crippen LogP contribution in [0.1, 0.15) is 47.9 Å². The molecule has 0 N–H and O–H groups in total. The molecule has 1 heterocycles. The van der Waals surface area contributed by atoms with Gasteiger partial charge in [-0.2, -0.15) is 0 Å². The van der Waals surface area contributed by atoms with Crippen LogP contribution in [0.25, 0.3) is 0 Å². The molecule has 72 valence electrons. The second kappa shape index (κ2) is 4.28. The highest BCUT2D eigenvalue weighted by molar-refractivity contribution is 7.12. The van der Waals surface area contributed by atoms with Gasteiger partial charge >= 0.3 is 0 Å². The fourth-order valence-corrected chi connectivity index (χ4v) is 3.33. The molecule has 1 aromatic heterocycles. The van der Waals surface area contributed by atoms with Gasteiger partial charge in [0, 0.05) is 9.75 Å². The van der Waals surface area contributed by atoms with Crippen molar-refractivity contribution in [2.75, 3.05) is 0 Å². The average molecular weight is 194 g/mol. The number of rotatable bonds is 3. The van der Waals surface area contributed by atoms with E-state index in [0.717, 1.165) is 0 Å². The molecule has 0 nitrogen and oxygen atoms in total. The summed E-state index contributed by atoms with van der Waals surface area (Å²) in [7, 11) is 0. The molecule has 1 aromatic rings. The van der Waals surface area contributed by atoms with Gasteiger partial charge < -0.3 is 0 Å². The molecular formula is C12H18S. The molecule has 0 atom stereocenters. The predicted molar refractivity (Wildman–Crippen MR) is 59.6 cm³/mol. The van der Waals surface area contributed by atoms with Gasteiger partial charge in [-0.3, -0.25) is 0 Å². The van der Waals surface area contributed by atoms with E-state index in [1.165, 1.54) is 44.9 Å².